The third kappa shape index (κ3) is 3.24. The highest BCUT2D eigenvalue weighted by atomic mass is 16.5. The van der Waals surface area contributed by atoms with Crippen LogP contribution in [0, 0.1) is 5.92 Å². The first-order valence-corrected chi connectivity index (χ1v) is 6.15. The van der Waals surface area contributed by atoms with E-state index in [0.29, 0.717) is 6.04 Å². The second-order valence-electron chi connectivity index (χ2n) is 4.72. The van der Waals surface area contributed by atoms with E-state index < -0.39 is 0 Å². The summed E-state index contributed by atoms with van der Waals surface area (Å²) in [7, 11) is 2.19. The summed E-state index contributed by atoms with van der Waals surface area (Å²) < 4.78 is 5.69. The Morgan fingerprint density at radius 1 is 1.31 bits per heavy atom. The second-order valence-corrected chi connectivity index (χ2v) is 4.72. The molecule has 0 amide bonds. The van der Waals surface area contributed by atoms with Crippen molar-refractivity contribution < 1.29 is 4.74 Å². The topological polar surface area (TPSA) is 12.5 Å². The first-order valence-electron chi connectivity index (χ1n) is 6.15. The molecule has 0 aliphatic heterocycles. The van der Waals surface area contributed by atoms with Crippen molar-refractivity contribution in [1.29, 1.82) is 0 Å². The van der Waals surface area contributed by atoms with Crippen LogP contribution in [0.15, 0.2) is 30.3 Å². The minimum Gasteiger partial charge on any atom is -0.492 e. The van der Waals surface area contributed by atoms with Crippen molar-refractivity contribution in [2.24, 2.45) is 5.92 Å². The van der Waals surface area contributed by atoms with Crippen LogP contribution in [0.3, 0.4) is 0 Å². The average Bonchev–Trinajstić information content (AvgIpc) is 3.13. The summed E-state index contributed by atoms with van der Waals surface area (Å²) in [6, 6.07) is 10.7. The number of para-hydroxylation sites is 1. The van der Waals surface area contributed by atoms with Crippen molar-refractivity contribution in [3.8, 4) is 5.75 Å². The molecule has 1 aromatic carbocycles. The molecule has 16 heavy (non-hydrogen) atoms. The molecule has 0 heterocycles. The van der Waals surface area contributed by atoms with E-state index in [1.165, 1.54) is 12.8 Å². The van der Waals surface area contributed by atoms with E-state index >= 15 is 0 Å². The zero-order valence-corrected chi connectivity index (χ0v) is 10.2. The van der Waals surface area contributed by atoms with E-state index in [-0.39, 0.29) is 0 Å². The highest BCUT2D eigenvalue weighted by Gasteiger charge is 2.30. The van der Waals surface area contributed by atoms with E-state index in [1.54, 1.807) is 0 Å². The number of ether oxygens (including phenoxy) is 1. The molecule has 0 aromatic heterocycles. The minimum absolute atomic E-state index is 0.708. The molecular weight excluding hydrogens is 198 g/mol. The summed E-state index contributed by atoms with van der Waals surface area (Å²) in [5, 5.41) is 0. The van der Waals surface area contributed by atoms with Gasteiger partial charge in [0.2, 0.25) is 0 Å². The van der Waals surface area contributed by atoms with Gasteiger partial charge >= 0.3 is 0 Å². The highest BCUT2D eigenvalue weighted by Crippen LogP contribution is 2.34. The average molecular weight is 219 g/mol. The van der Waals surface area contributed by atoms with Crippen LogP contribution >= 0.6 is 0 Å². The molecule has 0 spiro atoms. The molecule has 1 aliphatic rings. The molecule has 0 radical (unpaired) electrons. The molecule has 2 heteroatoms. The SMILES string of the molecule is CC(C1CC1)N(C)CCOc1ccccc1. The number of likely N-dealkylation sites (N-methyl/N-ethyl adjacent to an activating group) is 1. The van der Waals surface area contributed by atoms with Crippen molar-refractivity contribution in [2.45, 2.75) is 25.8 Å². The van der Waals surface area contributed by atoms with Crippen LogP contribution < -0.4 is 4.74 Å². The fraction of sp³-hybridized carbons (Fsp3) is 0.571. The summed E-state index contributed by atoms with van der Waals surface area (Å²) >= 11 is 0. The fourth-order valence-electron chi connectivity index (χ4n) is 1.97. The maximum absolute atomic E-state index is 5.69. The number of benzene rings is 1. The Balaban J connectivity index is 1.67. The maximum atomic E-state index is 5.69. The monoisotopic (exact) mass is 219 g/mol. The van der Waals surface area contributed by atoms with Crippen LogP contribution in [-0.4, -0.2) is 31.1 Å². The van der Waals surface area contributed by atoms with E-state index in [1.807, 2.05) is 30.3 Å². The first-order chi connectivity index (χ1) is 7.77. The normalized spacial score (nSPS) is 17.4. The molecule has 0 N–H and O–H groups in total. The van der Waals surface area contributed by atoms with Crippen molar-refractivity contribution >= 4 is 0 Å². The quantitative estimate of drug-likeness (QED) is 0.729. The number of nitrogens with zero attached hydrogens (tertiary/aromatic N) is 1. The van der Waals surface area contributed by atoms with Gasteiger partial charge in [0.25, 0.3) is 0 Å². The predicted octanol–water partition coefficient (Wildman–Crippen LogP) is 2.80. The molecule has 1 saturated carbocycles. The van der Waals surface area contributed by atoms with Crippen molar-refractivity contribution in [3.63, 3.8) is 0 Å². The Kier molecular flexibility index (Phi) is 3.83. The lowest BCUT2D eigenvalue weighted by atomic mass is 10.2. The Labute approximate surface area is 98.2 Å². The standard InChI is InChI=1S/C14H21NO/c1-12(13-8-9-13)15(2)10-11-16-14-6-4-3-5-7-14/h3-7,12-13H,8-11H2,1-2H3. The van der Waals surface area contributed by atoms with Gasteiger partial charge in [-0.1, -0.05) is 18.2 Å². The van der Waals surface area contributed by atoms with E-state index in [2.05, 4.69) is 18.9 Å². The first kappa shape index (κ1) is 11.5. The van der Waals surface area contributed by atoms with Gasteiger partial charge in [-0.25, -0.2) is 0 Å². The van der Waals surface area contributed by atoms with Gasteiger partial charge in [-0.3, -0.25) is 0 Å². The molecular formula is C14H21NO. The number of rotatable bonds is 6. The summed E-state index contributed by atoms with van der Waals surface area (Å²) in [4.78, 5) is 2.40. The molecule has 1 aromatic rings. The van der Waals surface area contributed by atoms with Gasteiger partial charge in [0.1, 0.15) is 12.4 Å². The number of hydrogen-bond donors (Lipinski definition) is 0. The van der Waals surface area contributed by atoms with Crippen LogP contribution in [0.4, 0.5) is 0 Å². The zero-order chi connectivity index (χ0) is 11.4. The molecule has 2 rings (SSSR count). The minimum atomic E-state index is 0.708. The third-order valence-corrected chi connectivity index (χ3v) is 3.46. The van der Waals surface area contributed by atoms with Crippen LogP contribution in [0.25, 0.3) is 0 Å². The Morgan fingerprint density at radius 2 is 2.00 bits per heavy atom. The summed E-state index contributed by atoms with van der Waals surface area (Å²) in [6.45, 7) is 4.10. The van der Waals surface area contributed by atoms with Crippen molar-refractivity contribution in [1.82, 2.24) is 4.90 Å². The maximum Gasteiger partial charge on any atom is 0.119 e. The largest absolute Gasteiger partial charge is 0.492 e. The van der Waals surface area contributed by atoms with Gasteiger partial charge in [-0.2, -0.15) is 0 Å². The molecule has 88 valence electrons. The summed E-state index contributed by atoms with van der Waals surface area (Å²) in [5.74, 6) is 1.90. The molecule has 0 saturated heterocycles. The highest BCUT2D eigenvalue weighted by molar-refractivity contribution is 5.20. The van der Waals surface area contributed by atoms with Gasteiger partial charge in [-0.05, 0) is 44.9 Å². The van der Waals surface area contributed by atoms with Gasteiger partial charge in [0.15, 0.2) is 0 Å². The van der Waals surface area contributed by atoms with Crippen LogP contribution in [0.2, 0.25) is 0 Å². The van der Waals surface area contributed by atoms with Gasteiger partial charge in [0.05, 0.1) is 0 Å². The van der Waals surface area contributed by atoms with Gasteiger partial charge < -0.3 is 9.64 Å². The summed E-state index contributed by atoms with van der Waals surface area (Å²) in [6.07, 6.45) is 2.82. The Hall–Kier alpha value is -1.02. The predicted molar refractivity (Wildman–Crippen MR) is 66.8 cm³/mol. The Bertz CT molecular complexity index is 308. The molecule has 1 unspecified atom stereocenters. The van der Waals surface area contributed by atoms with Crippen molar-refractivity contribution in [2.75, 3.05) is 20.2 Å². The molecule has 1 aliphatic carbocycles. The zero-order valence-electron chi connectivity index (χ0n) is 10.2. The fourth-order valence-corrected chi connectivity index (χ4v) is 1.97. The molecule has 0 bridgehead atoms. The summed E-state index contributed by atoms with van der Waals surface area (Å²) in [5.41, 5.74) is 0. The lowest BCUT2D eigenvalue weighted by molar-refractivity contribution is 0.186. The van der Waals surface area contributed by atoms with Gasteiger partial charge in [0, 0.05) is 12.6 Å². The van der Waals surface area contributed by atoms with Crippen LogP contribution in [0.1, 0.15) is 19.8 Å². The van der Waals surface area contributed by atoms with Crippen LogP contribution in [-0.2, 0) is 0 Å². The molecule has 1 fully saturated rings. The van der Waals surface area contributed by atoms with Gasteiger partial charge in [-0.15, -0.1) is 0 Å². The van der Waals surface area contributed by atoms with E-state index in [4.69, 9.17) is 4.74 Å². The van der Waals surface area contributed by atoms with Crippen molar-refractivity contribution in [3.05, 3.63) is 30.3 Å². The van der Waals surface area contributed by atoms with Crippen LogP contribution in [0.5, 0.6) is 5.75 Å². The second kappa shape index (κ2) is 5.35. The van der Waals surface area contributed by atoms with E-state index in [9.17, 15) is 0 Å². The molecule has 2 nitrogen and oxygen atoms in total. The molecule has 1 atom stereocenters. The third-order valence-electron chi connectivity index (χ3n) is 3.46. The Morgan fingerprint density at radius 3 is 2.62 bits per heavy atom. The van der Waals surface area contributed by atoms with E-state index in [0.717, 1.165) is 24.8 Å². The smallest absolute Gasteiger partial charge is 0.119 e. The lowest BCUT2D eigenvalue weighted by Crippen LogP contribution is -2.34. The number of hydrogen-bond acceptors (Lipinski definition) is 2. The lowest BCUT2D eigenvalue weighted by Gasteiger charge is -2.24.